The predicted molar refractivity (Wildman–Crippen MR) is 88.6 cm³/mol. The Morgan fingerprint density at radius 3 is 2.54 bits per heavy atom. The van der Waals surface area contributed by atoms with E-state index < -0.39 is 29.2 Å². The van der Waals surface area contributed by atoms with Crippen molar-refractivity contribution in [2.24, 2.45) is 0 Å². The zero-order valence-electron chi connectivity index (χ0n) is 14.6. The van der Waals surface area contributed by atoms with Gasteiger partial charge in [-0.05, 0) is 39.0 Å². The highest BCUT2D eigenvalue weighted by atomic mass is 35.5. The largest absolute Gasteiger partial charge is 0.460 e. The van der Waals surface area contributed by atoms with Crippen LogP contribution in [0.25, 0.3) is 11.4 Å². The van der Waals surface area contributed by atoms with E-state index in [1.165, 1.54) is 12.1 Å². The van der Waals surface area contributed by atoms with Crippen LogP contribution in [0.5, 0.6) is 0 Å². The van der Waals surface area contributed by atoms with Crippen molar-refractivity contribution in [3.05, 3.63) is 34.7 Å². The average Bonchev–Trinajstić information content (AvgIpc) is 2.93. The third-order valence-corrected chi connectivity index (χ3v) is 3.52. The highest BCUT2D eigenvalue weighted by Crippen LogP contribution is 2.38. The molecule has 0 amide bonds. The molecule has 0 unspecified atom stereocenters. The lowest BCUT2D eigenvalue weighted by Gasteiger charge is -2.20. The first-order chi connectivity index (χ1) is 11.9. The molecule has 0 spiro atoms. The highest BCUT2D eigenvalue weighted by molar-refractivity contribution is 6.30. The fourth-order valence-electron chi connectivity index (χ4n) is 2.21. The van der Waals surface area contributed by atoms with Crippen LogP contribution in [0.2, 0.25) is 5.02 Å². The summed E-state index contributed by atoms with van der Waals surface area (Å²) in [5.74, 6) is -1.14. The number of hydrogen-bond donors (Lipinski definition) is 0. The third kappa shape index (κ3) is 5.20. The number of halogens is 4. The van der Waals surface area contributed by atoms with E-state index in [2.05, 4.69) is 10.1 Å². The van der Waals surface area contributed by atoms with Crippen LogP contribution in [0.3, 0.4) is 0 Å². The minimum absolute atomic E-state index is 0.0361. The maximum Gasteiger partial charge on any atom is 0.417 e. The van der Waals surface area contributed by atoms with Crippen molar-refractivity contribution in [3.8, 4) is 11.4 Å². The van der Waals surface area contributed by atoms with Crippen molar-refractivity contribution < 1.29 is 27.2 Å². The Kier molecular flexibility index (Phi) is 5.65. The number of aromatic nitrogens is 2. The van der Waals surface area contributed by atoms with Crippen LogP contribution in [0.4, 0.5) is 13.2 Å². The SMILES string of the molecule is C[C@H](CC(=O)OC(C)(C)C)c1nc(-c2ccc(Cl)cc2C(F)(F)F)no1. The summed E-state index contributed by atoms with van der Waals surface area (Å²) in [6.07, 6.45) is -4.66. The molecule has 0 aliphatic rings. The second-order valence-corrected chi connectivity index (χ2v) is 7.27. The van der Waals surface area contributed by atoms with Gasteiger partial charge in [0.2, 0.25) is 11.7 Å². The summed E-state index contributed by atoms with van der Waals surface area (Å²) in [6.45, 7) is 6.85. The molecule has 0 saturated heterocycles. The molecule has 0 radical (unpaired) electrons. The van der Waals surface area contributed by atoms with Gasteiger partial charge in [-0.1, -0.05) is 23.7 Å². The Morgan fingerprint density at radius 1 is 1.31 bits per heavy atom. The van der Waals surface area contributed by atoms with Gasteiger partial charge in [0.05, 0.1) is 12.0 Å². The topological polar surface area (TPSA) is 65.2 Å². The number of benzene rings is 1. The van der Waals surface area contributed by atoms with Gasteiger partial charge < -0.3 is 9.26 Å². The molecule has 0 bridgehead atoms. The maximum absolute atomic E-state index is 13.2. The van der Waals surface area contributed by atoms with E-state index >= 15 is 0 Å². The second-order valence-electron chi connectivity index (χ2n) is 6.84. The second kappa shape index (κ2) is 7.26. The standard InChI is InChI=1S/C17H18ClF3N2O3/c1-9(7-13(24)25-16(2,3)4)15-22-14(23-26-15)11-6-5-10(18)8-12(11)17(19,20)21/h5-6,8-9H,7H2,1-4H3/t9-/m1/s1. The van der Waals surface area contributed by atoms with Gasteiger partial charge in [0.25, 0.3) is 0 Å². The normalized spacial score (nSPS) is 13.5. The molecule has 2 rings (SSSR count). The summed E-state index contributed by atoms with van der Waals surface area (Å²) in [7, 11) is 0. The van der Waals surface area contributed by atoms with Crippen molar-refractivity contribution in [1.82, 2.24) is 10.1 Å². The van der Waals surface area contributed by atoms with Crippen LogP contribution in [0.15, 0.2) is 22.7 Å². The predicted octanol–water partition coefficient (Wildman–Crippen LogP) is 5.24. The molecule has 1 aromatic carbocycles. The van der Waals surface area contributed by atoms with Crippen molar-refractivity contribution in [2.45, 2.75) is 51.8 Å². The zero-order chi connectivity index (χ0) is 19.7. The van der Waals surface area contributed by atoms with Gasteiger partial charge in [0.1, 0.15) is 5.60 Å². The molecule has 26 heavy (non-hydrogen) atoms. The molecule has 0 fully saturated rings. The number of carbonyl (C=O) groups excluding carboxylic acids is 1. The molecule has 1 aromatic heterocycles. The smallest absolute Gasteiger partial charge is 0.417 e. The Bertz CT molecular complexity index is 797. The quantitative estimate of drug-likeness (QED) is 0.667. The third-order valence-electron chi connectivity index (χ3n) is 3.28. The van der Waals surface area contributed by atoms with E-state index in [4.69, 9.17) is 20.9 Å². The lowest BCUT2D eigenvalue weighted by molar-refractivity contribution is -0.155. The molecular formula is C17H18ClF3N2O3. The first-order valence-electron chi connectivity index (χ1n) is 7.79. The minimum Gasteiger partial charge on any atom is -0.460 e. The van der Waals surface area contributed by atoms with Gasteiger partial charge in [-0.2, -0.15) is 18.2 Å². The van der Waals surface area contributed by atoms with Gasteiger partial charge in [-0.3, -0.25) is 4.79 Å². The van der Waals surface area contributed by atoms with Crippen molar-refractivity contribution in [2.75, 3.05) is 0 Å². The number of rotatable bonds is 4. The molecule has 1 heterocycles. The Hall–Kier alpha value is -2.09. The first kappa shape index (κ1) is 20.2. The van der Waals surface area contributed by atoms with Crippen LogP contribution in [0.1, 0.15) is 51.5 Å². The molecule has 9 heteroatoms. The van der Waals surface area contributed by atoms with E-state index in [1.807, 2.05) is 0 Å². The monoisotopic (exact) mass is 390 g/mol. The number of alkyl halides is 3. The minimum atomic E-state index is -4.62. The fourth-order valence-corrected chi connectivity index (χ4v) is 2.38. The number of nitrogens with zero attached hydrogens (tertiary/aromatic N) is 2. The fraction of sp³-hybridized carbons (Fsp3) is 0.471. The van der Waals surface area contributed by atoms with Gasteiger partial charge in [-0.15, -0.1) is 0 Å². The van der Waals surface area contributed by atoms with Crippen LogP contribution in [-0.4, -0.2) is 21.7 Å². The lowest BCUT2D eigenvalue weighted by atomic mass is 10.1. The highest BCUT2D eigenvalue weighted by Gasteiger charge is 2.35. The maximum atomic E-state index is 13.2. The Balaban J connectivity index is 2.24. The van der Waals surface area contributed by atoms with Crippen molar-refractivity contribution >= 4 is 17.6 Å². The molecule has 0 aliphatic carbocycles. The molecular weight excluding hydrogens is 373 g/mol. The van der Waals surface area contributed by atoms with Crippen LogP contribution < -0.4 is 0 Å². The van der Waals surface area contributed by atoms with E-state index in [0.29, 0.717) is 0 Å². The van der Waals surface area contributed by atoms with Crippen molar-refractivity contribution in [3.63, 3.8) is 0 Å². The summed E-state index contributed by atoms with van der Waals surface area (Å²) < 4.78 is 49.9. The van der Waals surface area contributed by atoms with E-state index in [0.717, 1.165) is 6.07 Å². The van der Waals surface area contributed by atoms with Gasteiger partial charge in [0, 0.05) is 16.5 Å². The number of esters is 1. The van der Waals surface area contributed by atoms with Crippen LogP contribution >= 0.6 is 11.6 Å². The molecule has 0 aliphatic heterocycles. The van der Waals surface area contributed by atoms with Crippen molar-refractivity contribution in [1.29, 1.82) is 0 Å². The summed E-state index contributed by atoms with van der Waals surface area (Å²) in [4.78, 5) is 15.9. The zero-order valence-corrected chi connectivity index (χ0v) is 15.4. The summed E-state index contributed by atoms with van der Waals surface area (Å²) in [6, 6.07) is 3.29. The number of ether oxygens (including phenoxy) is 1. The first-order valence-corrected chi connectivity index (χ1v) is 8.17. The molecule has 1 atom stereocenters. The number of hydrogen-bond acceptors (Lipinski definition) is 5. The summed E-state index contributed by atoms with van der Waals surface area (Å²) in [5, 5.41) is 3.56. The summed E-state index contributed by atoms with van der Waals surface area (Å²) >= 11 is 5.66. The van der Waals surface area contributed by atoms with E-state index in [1.54, 1.807) is 27.7 Å². The molecule has 5 nitrogen and oxygen atoms in total. The van der Waals surface area contributed by atoms with E-state index in [9.17, 15) is 18.0 Å². The lowest BCUT2D eigenvalue weighted by Crippen LogP contribution is -2.24. The van der Waals surface area contributed by atoms with Gasteiger partial charge >= 0.3 is 12.1 Å². The summed E-state index contributed by atoms with van der Waals surface area (Å²) in [5.41, 5.74) is -1.85. The molecule has 2 aromatic rings. The Morgan fingerprint density at radius 2 is 1.96 bits per heavy atom. The van der Waals surface area contributed by atoms with Gasteiger partial charge in [-0.25, -0.2) is 0 Å². The Labute approximate surface area is 153 Å². The molecule has 0 saturated carbocycles. The van der Waals surface area contributed by atoms with Crippen LogP contribution in [0, 0.1) is 0 Å². The molecule has 142 valence electrons. The average molecular weight is 391 g/mol. The van der Waals surface area contributed by atoms with Gasteiger partial charge in [0.15, 0.2) is 0 Å². The van der Waals surface area contributed by atoms with E-state index in [-0.39, 0.29) is 28.7 Å². The molecule has 0 N–H and O–H groups in total. The van der Waals surface area contributed by atoms with Crippen LogP contribution in [-0.2, 0) is 15.7 Å². The number of carbonyl (C=O) groups is 1.